The lowest BCUT2D eigenvalue weighted by molar-refractivity contribution is 0.413. The quantitative estimate of drug-likeness (QED) is 0.813. The van der Waals surface area contributed by atoms with E-state index in [9.17, 15) is 8.42 Å². The summed E-state index contributed by atoms with van der Waals surface area (Å²) in [4.78, 5) is 0.362. The monoisotopic (exact) mass is 363 g/mol. The maximum absolute atomic E-state index is 13.0. The second-order valence-corrected chi connectivity index (χ2v) is 8.69. The molecule has 24 heavy (non-hydrogen) atoms. The molecule has 3 rings (SSSR count). The number of ether oxygens (including phenoxy) is 1. The molecule has 1 fully saturated rings. The van der Waals surface area contributed by atoms with Gasteiger partial charge >= 0.3 is 0 Å². The van der Waals surface area contributed by atoms with Crippen molar-refractivity contribution in [2.75, 3.05) is 19.4 Å². The minimum atomic E-state index is -3.50. The summed E-state index contributed by atoms with van der Waals surface area (Å²) in [5.74, 6) is 1.56. The van der Waals surface area contributed by atoms with Crippen LogP contribution >= 0.6 is 11.8 Å². The molecule has 1 aliphatic heterocycles. The fourth-order valence-corrected chi connectivity index (χ4v) is 6.01. The molecule has 1 heterocycles. The summed E-state index contributed by atoms with van der Waals surface area (Å²) in [6.07, 6.45) is 0.897. The van der Waals surface area contributed by atoms with E-state index in [0.29, 0.717) is 11.4 Å². The molecule has 2 aromatic rings. The van der Waals surface area contributed by atoms with E-state index in [1.807, 2.05) is 36.4 Å². The van der Waals surface area contributed by atoms with Crippen molar-refractivity contribution in [1.82, 2.24) is 4.31 Å². The van der Waals surface area contributed by atoms with E-state index < -0.39 is 10.0 Å². The Morgan fingerprint density at radius 3 is 2.38 bits per heavy atom. The van der Waals surface area contributed by atoms with Crippen LogP contribution in [0.25, 0.3) is 0 Å². The van der Waals surface area contributed by atoms with Crippen LogP contribution in [0.2, 0.25) is 0 Å². The van der Waals surface area contributed by atoms with Crippen LogP contribution in [0.3, 0.4) is 0 Å². The van der Waals surface area contributed by atoms with E-state index in [1.165, 1.54) is 0 Å². The fraction of sp³-hybridized carbons (Fsp3) is 0.333. The van der Waals surface area contributed by atoms with Crippen LogP contribution in [0.1, 0.15) is 23.4 Å². The predicted octanol–water partition coefficient (Wildman–Crippen LogP) is 3.69. The number of rotatable bonds is 5. The molecule has 1 saturated heterocycles. The number of sulfonamides is 1. The second-order valence-electron chi connectivity index (χ2n) is 5.61. The Bertz CT molecular complexity index is 786. The van der Waals surface area contributed by atoms with E-state index in [0.717, 1.165) is 29.1 Å². The van der Waals surface area contributed by atoms with Gasteiger partial charge in [-0.25, -0.2) is 8.42 Å². The van der Waals surface area contributed by atoms with Crippen LogP contribution in [0.15, 0.2) is 53.4 Å². The lowest BCUT2D eigenvalue weighted by Gasteiger charge is -2.23. The minimum absolute atomic E-state index is 0.188. The number of methoxy groups -OCH3 is 1. The highest BCUT2D eigenvalue weighted by Crippen LogP contribution is 2.41. The van der Waals surface area contributed by atoms with Gasteiger partial charge in [0.1, 0.15) is 5.75 Å². The Morgan fingerprint density at radius 2 is 1.79 bits per heavy atom. The molecule has 0 amide bonds. The van der Waals surface area contributed by atoms with Gasteiger partial charge in [-0.3, -0.25) is 0 Å². The van der Waals surface area contributed by atoms with E-state index in [1.54, 1.807) is 35.3 Å². The Kier molecular flexibility index (Phi) is 5.18. The molecule has 0 aliphatic carbocycles. The third-order valence-corrected chi connectivity index (χ3v) is 7.46. The van der Waals surface area contributed by atoms with Crippen LogP contribution in [0.4, 0.5) is 0 Å². The number of nitrogens with zero attached hydrogens (tertiary/aromatic N) is 1. The lowest BCUT2D eigenvalue weighted by atomic mass is 10.2. The van der Waals surface area contributed by atoms with Gasteiger partial charge in [-0.2, -0.15) is 4.31 Å². The molecule has 0 aromatic heterocycles. The van der Waals surface area contributed by atoms with Crippen molar-refractivity contribution in [2.24, 2.45) is 0 Å². The summed E-state index contributed by atoms with van der Waals surface area (Å²) in [5, 5.41) is -0.188. The molecule has 128 valence electrons. The van der Waals surface area contributed by atoms with Crippen molar-refractivity contribution >= 4 is 21.8 Å². The zero-order valence-electron chi connectivity index (χ0n) is 13.8. The Morgan fingerprint density at radius 1 is 1.12 bits per heavy atom. The summed E-state index contributed by atoms with van der Waals surface area (Å²) < 4.78 is 32.8. The standard InChI is InChI=1S/C18H21NO3S2/c1-3-14-4-10-17(11-5-14)24(20,21)19-12-13-23-18(19)15-6-8-16(22-2)9-7-15/h4-11,18H,3,12-13H2,1-2H3/t18-/m0/s1. The SMILES string of the molecule is CCc1ccc(S(=O)(=O)N2CCS[C@H]2c2ccc(OC)cc2)cc1. The van der Waals surface area contributed by atoms with Gasteiger partial charge in [0.2, 0.25) is 10.0 Å². The largest absolute Gasteiger partial charge is 0.497 e. The molecule has 1 aliphatic rings. The predicted molar refractivity (Wildman–Crippen MR) is 97.9 cm³/mol. The zero-order chi connectivity index (χ0) is 17.2. The van der Waals surface area contributed by atoms with E-state index in [2.05, 4.69) is 6.92 Å². The number of thioether (sulfide) groups is 1. The lowest BCUT2D eigenvalue weighted by Crippen LogP contribution is -2.30. The molecule has 1 atom stereocenters. The second kappa shape index (κ2) is 7.17. The van der Waals surface area contributed by atoms with Crippen LogP contribution in [-0.4, -0.2) is 32.1 Å². The fourth-order valence-electron chi connectivity index (χ4n) is 2.76. The molecule has 0 spiro atoms. The van der Waals surface area contributed by atoms with Gasteiger partial charge < -0.3 is 4.74 Å². The minimum Gasteiger partial charge on any atom is -0.497 e. The average Bonchev–Trinajstić information content (AvgIpc) is 3.12. The molecule has 0 N–H and O–H groups in total. The van der Waals surface area contributed by atoms with Gasteiger partial charge in [-0.15, -0.1) is 11.8 Å². The Balaban J connectivity index is 1.90. The molecule has 0 saturated carbocycles. The number of hydrogen-bond donors (Lipinski definition) is 0. The molecule has 0 radical (unpaired) electrons. The molecule has 6 heteroatoms. The summed E-state index contributed by atoms with van der Waals surface area (Å²) in [6.45, 7) is 2.58. The van der Waals surface area contributed by atoms with Crippen molar-refractivity contribution < 1.29 is 13.2 Å². The van der Waals surface area contributed by atoms with Crippen LogP contribution in [0.5, 0.6) is 5.75 Å². The van der Waals surface area contributed by atoms with Gasteiger partial charge in [0, 0.05) is 12.3 Å². The summed E-state index contributed by atoms with van der Waals surface area (Å²) in [7, 11) is -1.87. The Labute approximate surface area is 147 Å². The van der Waals surface area contributed by atoms with Crippen LogP contribution in [-0.2, 0) is 16.4 Å². The first-order valence-corrected chi connectivity index (χ1v) is 10.4. The maximum atomic E-state index is 13.0. The third kappa shape index (κ3) is 3.31. The van der Waals surface area contributed by atoms with Crippen molar-refractivity contribution in [1.29, 1.82) is 0 Å². The van der Waals surface area contributed by atoms with E-state index in [4.69, 9.17) is 4.74 Å². The van der Waals surface area contributed by atoms with Crippen molar-refractivity contribution in [2.45, 2.75) is 23.6 Å². The first kappa shape index (κ1) is 17.3. The number of benzene rings is 2. The van der Waals surface area contributed by atoms with Crippen molar-refractivity contribution in [3.63, 3.8) is 0 Å². The van der Waals surface area contributed by atoms with Gasteiger partial charge in [-0.05, 0) is 41.8 Å². The molecule has 2 aromatic carbocycles. The topological polar surface area (TPSA) is 46.6 Å². The van der Waals surface area contributed by atoms with Gasteiger partial charge in [0.25, 0.3) is 0 Å². The first-order valence-electron chi connectivity index (χ1n) is 7.92. The molecular formula is C18H21NO3S2. The zero-order valence-corrected chi connectivity index (χ0v) is 15.4. The first-order chi connectivity index (χ1) is 11.6. The number of aryl methyl sites for hydroxylation is 1. The molecular weight excluding hydrogens is 342 g/mol. The van der Waals surface area contributed by atoms with Crippen molar-refractivity contribution in [3.8, 4) is 5.75 Å². The van der Waals surface area contributed by atoms with Gasteiger partial charge in [-0.1, -0.05) is 31.2 Å². The molecule has 0 unspecified atom stereocenters. The number of hydrogen-bond acceptors (Lipinski definition) is 4. The summed E-state index contributed by atoms with van der Waals surface area (Å²) >= 11 is 1.65. The van der Waals surface area contributed by atoms with Crippen LogP contribution < -0.4 is 4.74 Å². The summed E-state index contributed by atoms with van der Waals surface area (Å²) in [5.41, 5.74) is 2.11. The highest BCUT2D eigenvalue weighted by molar-refractivity contribution is 8.01. The molecule has 0 bridgehead atoms. The van der Waals surface area contributed by atoms with E-state index >= 15 is 0 Å². The highest BCUT2D eigenvalue weighted by atomic mass is 32.2. The van der Waals surface area contributed by atoms with Crippen molar-refractivity contribution in [3.05, 3.63) is 59.7 Å². The normalized spacial score (nSPS) is 18.7. The average molecular weight is 364 g/mol. The molecule has 4 nitrogen and oxygen atoms in total. The highest BCUT2D eigenvalue weighted by Gasteiger charge is 2.36. The van der Waals surface area contributed by atoms with E-state index in [-0.39, 0.29) is 5.37 Å². The van der Waals surface area contributed by atoms with Crippen LogP contribution in [0, 0.1) is 0 Å². The van der Waals surface area contributed by atoms with Gasteiger partial charge in [0.05, 0.1) is 17.4 Å². The summed E-state index contributed by atoms with van der Waals surface area (Å²) in [6, 6.07) is 14.8. The smallest absolute Gasteiger partial charge is 0.244 e. The third-order valence-electron chi connectivity index (χ3n) is 4.19. The maximum Gasteiger partial charge on any atom is 0.244 e. The Hall–Kier alpha value is -1.50. The van der Waals surface area contributed by atoms with Gasteiger partial charge in [0.15, 0.2) is 0 Å².